The number of hydrogen-bond acceptors (Lipinski definition) is 10. The highest BCUT2D eigenvalue weighted by molar-refractivity contribution is 5.96. The summed E-state index contributed by atoms with van der Waals surface area (Å²) in [6.45, 7) is 12.9. The molecule has 2 rings (SSSR count). The molecule has 13 heteroatoms. The molecule has 0 aliphatic carbocycles. The quantitative estimate of drug-likeness (QED) is 0.104. The standard InChI is InChI=1S/C34H50N4O9/c1-8-9-20-44-30(41)27(39)22-45-25-16-13-23(14-17-25)24-15-18-28(36-21-24)38-29(40)26(37-32(43)47-34(5,6)7)12-10-11-19-35-31(42)46-33(2,3)4/h13-18,21,26-27,39H,8-12,19-20,22H2,1-7H3,(H,35,42)(H,37,43)(H,36,38,40). The lowest BCUT2D eigenvalue weighted by atomic mass is 10.1. The number of nitrogens with zero attached hydrogens (tertiary/aromatic N) is 1. The van der Waals surface area contributed by atoms with E-state index in [0.717, 1.165) is 24.0 Å². The number of carbonyl (C=O) groups excluding carboxylic acids is 4. The summed E-state index contributed by atoms with van der Waals surface area (Å²) in [5, 5.41) is 18.0. The van der Waals surface area contributed by atoms with Crippen LogP contribution in [0.2, 0.25) is 0 Å². The summed E-state index contributed by atoms with van der Waals surface area (Å²) in [7, 11) is 0. The van der Waals surface area contributed by atoms with Gasteiger partial charge in [-0.25, -0.2) is 19.4 Å². The summed E-state index contributed by atoms with van der Waals surface area (Å²) in [6, 6.07) is 9.54. The molecule has 3 amide bonds. The second-order valence-corrected chi connectivity index (χ2v) is 12.9. The average Bonchev–Trinajstić information content (AvgIpc) is 2.98. The van der Waals surface area contributed by atoms with Crippen molar-refractivity contribution in [1.82, 2.24) is 15.6 Å². The zero-order chi connectivity index (χ0) is 35.0. The molecule has 0 saturated heterocycles. The lowest BCUT2D eigenvalue weighted by Gasteiger charge is -2.23. The first-order valence-corrected chi connectivity index (χ1v) is 15.9. The molecule has 4 N–H and O–H groups in total. The number of amides is 3. The first kappa shape index (κ1) is 38.8. The van der Waals surface area contributed by atoms with Gasteiger partial charge < -0.3 is 40.0 Å². The lowest BCUT2D eigenvalue weighted by molar-refractivity contribution is -0.155. The minimum Gasteiger partial charge on any atom is -0.490 e. The Kier molecular flexibility index (Phi) is 15.4. The van der Waals surface area contributed by atoms with Gasteiger partial charge in [0, 0.05) is 18.3 Å². The minimum atomic E-state index is -1.38. The molecule has 2 unspecified atom stereocenters. The van der Waals surface area contributed by atoms with Crippen LogP contribution < -0.4 is 20.7 Å². The predicted octanol–water partition coefficient (Wildman–Crippen LogP) is 5.36. The fraction of sp³-hybridized carbons (Fsp3) is 0.559. The lowest BCUT2D eigenvalue weighted by Crippen LogP contribution is -2.46. The average molecular weight is 659 g/mol. The van der Waals surface area contributed by atoms with Crippen molar-refractivity contribution in [2.75, 3.05) is 25.1 Å². The molecule has 0 aliphatic heterocycles. The van der Waals surface area contributed by atoms with E-state index >= 15 is 0 Å². The fourth-order valence-corrected chi connectivity index (χ4v) is 3.95. The van der Waals surface area contributed by atoms with E-state index in [1.807, 2.05) is 6.92 Å². The molecule has 2 atom stereocenters. The van der Waals surface area contributed by atoms with Crippen molar-refractivity contribution < 1.29 is 43.2 Å². The Balaban J connectivity index is 1.95. The van der Waals surface area contributed by atoms with Crippen LogP contribution in [-0.2, 0) is 23.8 Å². The van der Waals surface area contributed by atoms with Crippen LogP contribution in [0.3, 0.4) is 0 Å². The van der Waals surface area contributed by atoms with Crippen molar-refractivity contribution in [3.8, 4) is 16.9 Å². The summed E-state index contributed by atoms with van der Waals surface area (Å²) in [6.07, 6.45) is 1.97. The van der Waals surface area contributed by atoms with E-state index in [1.54, 1.807) is 84.1 Å². The van der Waals surface area contributed by atoms with Crippen LogP contribution in [0.4, 0.5) is 15.4 Å². The number of nitrogens with one attached hydrogen (secondary N) is 3. The Morgan fingerprint density at radius 3 is 2.09 bits per heavy atom. The second-order valence-electron chi connectivity index (χ2n) is 12.9. The molecule has 0 bridgehead atoms. The SMILES string of the molecule is CCCCOC(=O)C(O)COc1ccc(-c2ccc(NC(=O)C(CCCCNC(=O)OC(C)(C)C)NC(=O)OC(C)(C)C)nc2)cc1. The molecule has 0 fully saturated rings. The third-order valence-corrected chi connectivity index (χ3v) is 6.22. The van der Waals surface area contributed by atoms with Crippen LogP contribution in [-0.4, -0.2) is 77.3 Å². The number of aromatic nitrogens is 1. The van der Waals surface area contributed by atoms with E-state index in [2.05, 4.69) is 20.9 Å². The van der Waals surface area contributed by atoms with E-state index in [0.29, 0.717) is 37.4 Å². The number of hydrogen-bond donors (Lipinski definition) is 4. The molecule has 0 saturated carbocycles. The minimum absolute atomic E-state index is 0.229. The molecule has 1 aromatic heterocycles. The highest BCUT2D eigenvalue weighted by atomic mass is 16.6. The molecular formula is C34H50N4O9. The topological polar surface area (TPSA) is 174 Å². The third kappa shape index (κ3) is 16.1. The summed E-state index contributed by atoms with van der Waals surface area (Å²) in [4.78, 5) is 53.7. The van der Waals surface area contributed by atoms with E-state index in [1.165, 1.54) is 0 Å². The summed E-state index contributed by atoms with van der Waals surface area (Å²) in [5.41, 5.74) is 0.253. The van der Waals surface area contributed by atoms with Crippen molar-refractivity contribution in [3.63, 3.8) is 0 Å². The van der Waals surface area contributed by atoms with Gasteiger partial charge in [0.05, 0.1) is 6.61 Å². The van der Waals surface area contributed by atoms with Gasteiger partial charge in [-0.1, -0.05) is 25.5 Å². The second kappa shape index (κ2) is 18.7. The van der Waals surface area contributed by atoms with E-state index in [4.69, 9.17) is 18.9 Å². The van der Waals surface area contributed by atoms with Crippen LogP contribution in [0.15, 0.2) is 42.6 Å². The molecule has 0 radical (unpaired) electrons. The van der Waals surface area contributed by atoms with Crippen molar-refractivity contribution >= 4 is 29.9 Å². The number of carbonyl (C=O) groups is 4. The number of aliphatic hydroxyl groups excluding tert-OH is 1. The van der Waals surface area contributed by atoms with Crippen LogP contribution in [0, 0.1) is 0 Å². The molecule has 0 aliphatic rings. The fourth-order valence-electron chi connectivity index (χ4n) is 3.95. The zero-order valence-corrected chi connectivity index (χ0v) is 28.5. The van der Waals surface area contributed by atoms with Gasteiger partial charge >= 0.3 is 18.2 Å². The highest BCUT2D eigenvalue weighted by Gasteiger charge is 2.25. The van der Waals surface area contributed by atoms with Crippen LogP contribution in [0.1, 0.15) is 80.6 Å². The van der Waals surface area contributed by atoms with E-state index in [-0.39, 0.29) is 13.2 Å². The molecular weight excluding hydrogens is 608 g/mol. The number of benzene rings is 1. The maximum Gasteiger partial charge on any atom is 0.408 e. The van der Waals surface area contributed by atoms with Crippen molar-refractivity contribution in [2.45, 2.75) is 104 Å². The van der Waals surface area contributed by atoms with Gasteiger partial charge in [0.2, 0.25) is 5.91 Å². The number of esters is 1. The van der Waals surface area contributed by atoms with Gasteiger partial charge in [-0.2, -0.15) is 0 Å². The number of ether oxygens (including phenoxy) is 4. The Labute approximate surface area is 277 Å². The molecule has 2 aromatic rings. The maximum atomic E-state index is 13.2. The number of alkyl carbamates (subject to hydrolysis) is 2. The Bertz CT molecular complexity index is 1290. The van der Waals surface area contributed by atoms with Crippen molar-refractivity contribution in [3.05, 3.63) is 42.6 Å². The van der Waals surface area contributed by atoms with E-state index < -0.39 is 47.4 Å². The highest BCUT2D eigenvalue weighted by Crippen LogP contribution is 2.23. The zero-order valence-electron chi connectivity index (χ0n) is 28.5. The van der Waals surface area contributed by atoms with Gasteiger partial charge in [0.1, 0.15) is 35.4 Å². The summed E-state index contributed by atoms with van der Waals surface area (Å²) in [5.74, 6) is -0.418. The van der Waals surface area contributed by atoms with Gasteiger partial charge in [0.25, 0.3) is 0 Å². The van der Waals surface area contributed by atoms with Crippen LogP contribution in [0.5, 0.6) is 5.75 Å². The number of anilines is 1. The molecule has 260 valence electrons. The van der Waals surface area contributed by atoms with Crippen LogP contribution >= 0.6 is 0 Å². The molecule has 0 spiro atoms. The largest absolute Gasteiger partial charge is 0.490 e. The Hall–Kier alpha value is -4.39. The molecule has 13 nitrogen and oxygen atoms in total. The first-order valence-electron chi connectivity index (χ1n) is 15.9. The smallest absolute Gasteiger partial charge is 0.408 e. The maximum absolute atomic E-state index is 13.2. The normalized spacial score (nSPS) is 12.7. The van der Waals surface area contributed by atoms with Crippen LogP contribution in [0.25, 0.3) is 11.1 Å². The monoisotopic (exact) mass is 658 g/mol. The molecule has 1 heterocycles. The molecule has 47 heavy (non-hydrogen) atoms. The van der Waals surface area contributed by atoms with Crippen molar-refractivity contribution in [2.24, 2.45) is 0 Å². The number of unbranched alkanes of at least 4 members (excludes halogenated alkanes) is 2. The number of pyridine rings is 1. The van der Waals surface area contributed by atoms with Gasteiger partial charge in [-0.05, 0) is 97.1 Å². The Morgan fingerprint density at radius 2 is 1.49 bits per heavy atom. The molecule has 1 aromatic carbocycles. The summed E-state index contributed by atoms with van der Waals surface area (Å²) < 4.78 is 21.1. The number of rotatable bonds is 16. The Morgan fingerprint density at radius 1 is 0.851 bits per heavy atom. The van der Waals surface area contributed by atoms with Gasteiger partial charge in [-0.3, -0.25) is 4.79 Å². The van der Waals surface area contributed by atoms with E-state index in [9.17, 15) is 24.3 Å². The first-order chi connectivity index (χ1) is 22.1. The van der Waals surface area contributed by atoms with Gasteiger partial charge in [-0.15, -0.1) is 0 Å². The number of aliphatic hydroxyl groups is 1. The third-order valence-electron chi connectivity index (χ3n) is 6.22. The van der Waals surface area contributed by atoms with Gasteiger partial charge in [0.15, 0.2) is 6.10 Å². The van der Waals surface area contributed by atoms with Crippen molar-refractivity contribution in [1.29, 1.82) is 0 Å². The summed E-state index contributed by atoms with van der Waals surface area (Å²) >= 11 is 0. The predicted molar refractivity (Wildman–Crippen MR) is 177 cm³/mol.